The SMILES string of the molecule is N[C@@H](Cc1cnc[nH]1)C(=O)NCCc1cc(N2CCCC2)ncn1. The summed E-state index contributed by atoms with van der Waals surface area (Å²) >= 11 is 0. The van der Waals surface area contributed by atoms with Crippen molar-refractivity contribution in [2.24, 2.45) is 5.73 Å². The molecule has 1 fully saturated rings. The average molecular weight is 329 g/mol. The lowest BCUT2D eigenvalue weighted by atomic mass is 10.1. The van der Waals surface area contributed by atoms with Crippen LogP contribution in [-0.4, -0.2) is 51.5 Å². The number of aromatic amines is 1. The molecule has 3 heterocycles. The number of anilines is 1. The van der Waals surface area contributed by atoms with Crippen LogP contribution in [0.2, 0.25) is 0 Å². The Morgan fingerprint density at radius 1 is 1.38 bits per heavy atom. The van der Waals surface area contributed by atoms with Crippen LogP contribution >= 0.6 is 0 Å². The van der Waals surface area contributed by atoms with Gasteiger partial charge >= 0.3 is 0 Å². The summed E-state index contributed by atoms with van der Waals surface area (Å²) in [6, 6.07) is 1.41. The van der Waals surface area contributed by atoms with Crippen LogP contribution in [0.3, 0.4) is 0 Å². The number of hydrogen-bond acceptors (Lipinski definition) is 6. The molecule has 0 aromatic carbocycles. The standard InChI is InChI=1S/C16H23N7O/c17-14(7-13-9-18-10-20-13)16(24)19-4-3-12-8-15(22-11-21-12)23-5-1-2-6-23/h8-11,14H,1-7,17H2,(H,18,20)(H,19,24)/t14-/m0/s1. The van der Waals surface area contributed by atoms with E-state index in [0.717, 1.165) is 30.3 Å². The molecular weight excluding hydrogens is 306 g/mol. The van der Waals surface area contributed by atoms with Gasteiger partial charge in [-0.15, -0.1) is 0 Å². The second kappa shape index (κ2) is 7.87. The Morgan fingerprint density at radius 2 is 2.21 bits per heavy atom. The quantitative estimate of drug-likeness (QED) is 0.660. The zero-order valence-corrected chi connectivity index (χ0v) is 13.6. The van der Waals surface area contributed by atoms with Crippen molar-refractivity contribution in [2.45, 2.75) is 31.7 Å². The van der Waals surface area contributed by atoms with Crippen molar-refractivity contribution in [3.05, 3.63) is 36.3 Å². The van der Waals surface area contributed by atoms with Gasteiger partial charge in [-0.2, -0.15) is 0 Å². The number of imidazole rings is 1. The monoisotopic (exact) mass is 329 g/mol. The van der Waals surface area contributed by atoms with Crippen LogP contribution in [0.25, 0.3) is 0 Å². The number of hydrogen-bond donors (Lipinski definition) is 3. The molecule has 0 aliphatic carbocycles. The highest BCUT2D eigenvalue weighted by molar-refractivity contribution is 5.81. The minimum atomic E-state index is -0.587. The summed E-state index contributed by atoms with van der Waals surface area (Å²) in [7, 11) is 0. The Bertz CT molecular complexity index is 652. The number of carbonyl (C=O) groups is 1. The van der Waals surface area contributed by atoms with Gasteiger partial charge in [0.2, 0.25) is 5.91 Å². The maximum Gasteiger partial charge on any atom is 0.237 e. The van der Waals surface area contributed by atoms with Crippen molar-refractivity contribution < 1.29 is 4.79 Å². The molecule has 3 rings (SSSR count). The van der Waals surface area contributed by atoms with Crippen LogP contribution in [-0.2, 0) is 17.6 Å². The topological polar surface area (TPSA) is 113 Å². The Morgan fingerprint density at radius 3 is 2.96 bits per heavy atom. The van der Waals surface area contributed by atoms with E-state index in [4.69, 9.17) is 5.73 Å². The summed E-state index contributed by atoms with van der Waals surface area (Å²) in [5, 5.41) is 2.86. The molecule has 1 aliphatic heterocycles. The minimum absolute atomic E-state index is 0.168. The van der Waals surface area contributed by atoms with Gasteiger partial charge in [0, 0.05) is 56.1 Å². The molecule has 1 saturated heterocycles. The van der Waals surface area contributed by atoms with E-state index >= 15 is 0 Å². The fourth-order valence-electron chi connectivity index (χ4n) is 2.81. The highest BCUT2D eigenvalue weighted by Crippen LogP contribution is 2.17. The fraction of sp³-hybridized carbons (Fsp3) is 0.500. The number of nitrogens with two attached hydrogens (primary N) is 1. The molecule has 0 unspecified atom stereocenters. The van der Waals surface area contributed by atoms with Gasteiger partial charge in [-0.1, -0.05) is 0 Å². The van der Waals surface area contributed by atoms with Crippen molar-refractivity contribution in [1.29, 1.82) is 0 Å². The second-order valence-corrected chi connectivity index (χ2v) is 5.99. The number of nitrogens with one attached hydrogen (secondary N) is 2. The van der Waals surface area contributed by atoms with E-state index in [1.165, 1.54) is 12.8 Å². The lowest BCUT2D eigenvalue weighted by Crippen LogP contribution is -2.42. The first-order chi connectivity index (χ1) is 11.7. The summed E-state index contributed by atoms with van der Waals surface area (Å²) in [5.41, 5.74) is 7.68. The fourth-order valence-corrected chi connectivity index (χ4v) is 2.81. The first kappa shape index (κ1) is 16.4. The van der Waals surface area contributed by atoms with Gasteiger partial charge in [-0.05, 0) is 12.8 Å². The predicted molar refractivity (Wildman–Crippen MR) is 90.5 cm³/mol. The third-order valence-corrected chi connectivity index (χ3v) is 4.15. The smallest absolute Gasteiger partial charge is 0.237 e. The van der Waals surface area contributed by atoms with Gasteiger partial charge in [-0.25, -0.2) is 15.0 Å². The summed E-state index contributed by atoms with van der Waals surface area (Å²) in [4.78, 5) is 29.8. The number of H-pyrrole nitrogens is 1. The van der Waals surface area contributed by atoms with Crippen LogP contribution in [0.5, 0.6) is 0 Å². The van der Waals surface area contributed by atoms with E-state index in [2.05, 4.69) is 30.2 Å². The Labute approximate surface area is 140 Å². The normalized spacial score (nSPS) is 15.5. The Hall–Kier alpha value is -2.48. The average Bonchev–Trinajstić information content (AvgIpc) is 3.28. The third kappa shape index (κ3) is 4.29. The summed E-state index contributed by atoms with van der Waals surface area (Å²) in [5.74, 6) is 0.804. The van der Waals surface area contributed by atoms with Gasteiger partial charge in [0.1, 0.15) is 12.1 Å². The third-order valence-electron chi connectivity index (χ3n) is 4.15. The Balaban J connectivity index is 1.45. The molecule has 1 atom stereocenters. The van der Waals surface area contributed by atoms with Crippen molar-refractivity contribution in [3.63, 3.8) is 0 Å². The van der Waals surface area contributed by atoms with Crippen LogP contribution in [0.1, 0.15) is 24.2 Å². The van der Waals surface area contributed by atoms with Crippen LogP contribution in [0.4, 0.5) is 5.82 Å². The van der Waals surface area contributed by atoms with Crippen molar-refractivity contribution >= 4 is 11.7 Å². The van der Waals surface area contributed by atoms with E-state index < -0.39 is 6.04 Å². The zero-order chi connectivity index (χ0) is 16.8. The van der Waals surface area contributed by atoms with Crippen LogP contribution < -0.4 is 16.0 Å². The van der Waals surface area contributed by atoms with E-state index in [1.54, 1.807) is 18.9 Å². The highest BCUT2D eigenvalue weighted by atomic mass is 16.2. The molecule has 0 radical (unpaired) electrons. The second-order valence-electron chi connectivity index (χ2n) is 5.99. The van der Waals surface area contributed by atoms with Gasteiger partial charge < -0.3 is 20.9 Å². The van der Waals surface area contributed by atoms with Gasteiger partial charge in [0.15, 0.2) is 0 Å². The molecule has 0 saturated carbocycles. The molecule has 8 nitrogen and oxygen atoms in total. The molecule has 1 aliphatic rings. The molecule has 1 amide bonds. The molecule has 4 N–H and O–H groups in total. The lowest BCUT2D eigenvalue weighted by molar-refractivity contribution is -0.122. The Kier molecular flexibility index (Phi) is 5.37. The summed E-state index contributed by atoms with van der Waals surface area (Å²) in [6.07, 6.45) is 8.37. The van der Waals surface area contributed by atoms with Crippen molar-refractivity contribution in [2.75, 3.05) is 24.5 Å². The van der Waals surface area contributed by atoms with Gasteiger partial charge in [0.25, 0.3) is 0 Å². The molecule has 24 heavy (non-hydrogen) atoms. The maximum absolute atomic E-state index is 12.0. The zero-order valence-electron chi connectivity index (χ0n) is 13.6. The van der Waals surface area contributed by atoms with Crippen molar-refractivity contribution in [1.82, 2.24) is 25.3 Å². The largest absolute Gasteiger partial charge is 0.357 e. The first-order valence-electron chi connectivity index (χ1n) is 8.29. The van der Waals surface area contributed by atoms with E-state index in [0.29, 0.717) is 19.4 Å². The predicted octanol–water partition coefficient (Wildman–Crippen LogP) is 0.0286. The lowest BCUT2D eigenvalue weighted by Gasteiger charge is -2.16. The number of carbonyl (C=O) groups excluding carboxylic acids is 1. The molecule has 128 valence electrons. The highest BCUT2D eigenvalue weighted by Gasteiger charge is 2.15. The molecule has 0 bridgehead atoms. The number of rotatable bonds is 7. The van der Waals surface area contributed by atoms with Crippen LogP contribution in [0, 0.1) is 0 Å². The van der Waals surface area contributed by atoms with Crippen molar-refractivity contribution in [3.8, 4) is 0 Å². The van der Waals surface area contributed by atoms with Crippen LogP contribution in [0.15, 0.2) is 24.9 Å². The van der Waals surface area contributed by atoms with E-state index in [1.807, 2.05) is 6.07 Å². The summed E-state index contributed by atoms with van der Waals surface area (Å²) < 4.78 is 0. The molecule has 8 heteroatoms. The minimum Gasteiger partial charge on any atom is -0.357 e. The molecule has 2 aromatic heterocycles. The number of nitrogens with zero attached hydrogens (tertiary/aromatic N) is 4. The molecule has 2 aromatic rings. The van der Waals surface area contributed by atoms with Gasteiger partial charge in [0.05, 0.1) is 12.4 Å². The van der Waals surface area contributed by atoms with E-state index in [-0.39, 0.29) is 5.91 Å². The molecule has 0 spiro atoms. The van der Waals surface area contributed by atoms with Gasteiger partial charge in [-0.3, -0.25) is 4.79 Å². The number of amides is 1. The van der Waals surface area contributed by atoms with E-state index in [9.17, 15) is 4.79 Å². The summed E-state index contributed by atoms with van der Waals surface area (Å²) in [6.45, 7) is 2.61. The molecular formula is C16H23N7O. The first-order valence-corrected chi connectivity index (χ1v) is 8.29. The number of aromatic nitrogens is 4. The maximum atomic E-state index is 12.0.